The van der Waals surface area contributed by atoms with Gasteiger partial charge in [0.25, 0.3) is 0 Å². The van der Waals surface area contributed by atoms with Gasteiger partial charge in [0.1, 0.15) is 13.2 Å². The van der Waals surface area contributed by atoms with Crippen LogP contribution in [0.1, 0.15) is 239 Å². The third kappa shape index (κ3) is 63.2. The van der Waals surface area contributed by atoms with Crippen LogP contribution in [0.15, 0.2) is 182 Å². The van der Waals surface area contributed by atoms with Gasteiger partial charge in [-0.25, -0.2) is 0 Å². The van der Waals surface area contributed by atoms with Crippen LogP contribution in [-0.4, -0.2) is 37.2 Å². The zero-order valence-corrected chi connectivity index (χ0v) is 50.3. The zero-order chi connectivity index (χ0) is 57.1. The molecule has 0 aliphatic heterocycles. The van der Waals surface area contributed by atoms with Crippen LogP contribution in [-0.2, 0) is 28.6 Å². The van der Waals surface area contributed by atoms with E-state index in [-0.39, 0.29) is 31.6 Å². The number of carbonyl (C=O) groups excluding carboxylic acids is 3. The molecular formula is C73H112O6. The molecule has 0 aliphatic rings. The fraction of sp³-hybridized carbons (Fsp3) is 0.548. The maximum absolute atomic E-state index is 12.9. The molecule has 0 spiro atoms. The molecule has 0 amide bonds. The maximum Gasteiger partial charge on any atom is 0.306 e. The minimum Gasteiger partial charge on any atom is -0.462 e. The molecule has 0 aromatic carbocycles. The zero-order valence-electron chi connectivity index (χ0n) is 50.3. The molecule has 0 fully saturated rings. The number of carbonyl (C=O) groups is 3. The Balaban J connectivity index is 4.57. The second kappa shape index (κ2) is 65.0. The average molecular weight is 1090 g/mol. The molecule has 0 N–H and O–H groups in total. The Bertz CT molecular complexity index is 1870. The van der Waals surface area contributed by atoms with Crippen LogP contribution in [0.4, 0.5) is 0 Å². The van der Waals surface area contributed by atoms with E-state index >= 15 is 0 Å². The second-order valence-electron chi connectivity index (χ2n) is 19.8. The lowest BCUT2D eigenvalue weighted by molar-refractivity contribution is -0.166. The molecule has 0 saturated carbocycles. The summed E-state index contributed by atoms with van der Waals surface area (Å²) in [5.41, 5.74) is 0. The van der Waals surface area contributed by atoms with Gasteiger partial charge in [0.05, 0.1) is 0 Å². The van der Waals surface area contributed by atoms with E-state index in [1.807, 2.05) is 12.2 Å². The van der Waals surface area contributed by atoms with E-state index in [0.717, 1.165) is 161 Å². The van der Waals surface area contributed by atoms with Crippen molar-refractivity contribution in [3.63, 3.8) is 0 Å². The summed E-state index contributed by atoms with van der Waals surface area (Å²) in [6.45, 7) is 6.21. The first-order chi connectivity index (χ1) is 39.0. The Kier molecular flexibility index (Phi) is 60.5. The Hall–Kier alpha value is -5.49. The maximum atomic E-state index is 12.9. The second-order valence-corrected chi connectivity index (χ2v) is 19.8. The first-order valence-corrected chi connectivity index (χ1v) is 31.3. The molecule has 79 heavy (non-hydrogen) atoms. The molecule has 6 heteroatoms. The van der Waals surface area contributed by atoms with Gasteiger partial charge in [0, 0.05) is 19.3 Å². The third-order valence-electron chi connectivity index (χ3n) is 12.4. The summed E-state index contributed by atoms with van der Waals surface area (Å²) in [6.07, 6.45) is 97.5. The summed E-state index contributed by atoms with van der Waals surface area (Å²) < 4.78 is 16.8. The van der Waals surface area contributed by atoms with Crippen molar-refractivity contribution in [3.8, 4) is 0 Å². The van der Waals surface area contributed by atoms with E-state index in [1.165, 1.54) is 32.1 Å². The molecule has 6 nitrogen and oxygen atoms in total. The van der Waals surface area contributed by atoms with E-state index in [9.17, 15) is 14.4 Å². The Morgan fingerprint density at radius 1 is 0.253 bits per heavy atom. The summed E-state index contributed by atoms with van der Waals surface area (Å²) in [5.74, 6) is -1.05. The molecule has 0 heterocycles. The van der Waals surface area contributed by atoms with Gasteiger partial charge in [0.2, 0.25) is 0 Å². The predicted octanol–water partition coefficient (Wildman–Crippen LogP) is 21.7. The number of ether oxygens (including phenoxy) is 3. The molecule has 440 valence electrons. The Morgan fingerprint density at radius 2 is 0.481 bits per heavy atom. The first kappa shape index (κ1) is 73.5. The number of unbranched alkanes of at least 4 members (excludes halogenated alkanes) is 13. The van der Waals surface area contributed by atoms with Gasteiger partial charge in [-0.2, -0.15) is 0 Å². The van der Waals surface area contributed by atoms with Crippen LogP contribution >= 0.6 is 0 Å². The average Bonchev–Trinajstić information content (AvgIpc) is 3.45. The highest BCUT2D eigenvalue weighted by molar-refractivity contribution is 5.71. The van der Waals surface area contributed by atoms with Crippen LogP contribution in [0.3, 0.4) is 0 Å². The van der Waals surface area contributed by atoms with Crippen LogP contribution in [0, 0.1) is 0 Å². The van der Waals surface area contributed by atoms with Gasteiger partial charge >= 0.3 is 17.9 Å². The number of hydrogen-bond acceptors (Lipinski definition) is 6. The highest BCUT2D eigenvalue weighted by Gasteiger charge is 2.19. The predicted molar refractivity (Wildman–Crippen MR) is 343 cm³/mol. The minimum absolute atomic E-state index is 0.128. The van der Waals surface area contributed by atoms with Crippen molar-refractivity contribution in [2.24, 2.45) is 0 Å². The van der Waals surface area contributed by atoms with Crippen molar-refractivity contribution in [2.45, 2.75) is 245 Å². The molecular weight excluding hydrogens is 973 g/mol. The SMILES string of the molecule is CC/C=C\C/C=C\C/C=C\C/C=C\C/C=C\C/C=C\CCC(=O)OC(COC(=O)CCCCCCCC/C=C\C/C=C\C/C=C\C/C=C\CC)COC(=O)CCCCCCCCC/C=C\C/C=C\C/C=C\C/C=C\C/C=C\CC. The normalized spacial score (nSPS) is 13.4. The van der Waals surface area contributed by atoms with E-state index < -0.39 is 12.1 Å². The van der Waals surface area contributed by atoms with Crippen molar-refractivity contribution in [1.82, 2.24) is 0 Å². The van der Waals surface area contributed by atoms with E-state index in [0.29, 0.717) is 19.3 Å². The lowest BCUT2D eigenvalue weighted by atomic mass is 10.1. The summed E-state index contributed by atoms with van der Waals surface area (Å²) in [5, 5.41) is 0. The van der Waals surface area contributed by atoms with Gasteiger partial charge in [-0.05, 0) is 141 Å². The highest BCUT2D eigenvalue weighted by atomic mass is 16.6. The Labute approximate surface area is 484 Å². The van der Waals surface area contributed by atoms with E-state index in [2.05, 4.69) is 191 Å². The number of allylic oxidation sites excluding steroid dienone is 30. The van der Waals surface area contributed by atoms with Crippen molar-refractivity contribution in [1.29, 1.82) is 0 Å². The topological polar surface area (TPSA) is 78.9 Å². The van der Waals surface area contributed by atoms with E-state index in [4.69, 9.17) is 14.2 Å². The largest absolute Gasteiger partial charge is 0.462 e. The van der Waals surface area contributed by atoms with E-state index in [1.54, 1.807) is 0 Å². The van der Waals surface area contributed by atoms with Crippen LogP contribution in [0.5, 0.6) is 0 Å². The van der Waals surface area contributed by atoms with Crippen molar-refractivity contribution < 1.29 is 28.6 Å². The molecule has 0 rings (SSSR count). The summed E-state index contributed by atoms with van der Waals surface area (Å²) in [6, 6.07) is 0. The van der Waals surface area contributed by atoms with Crippen molar-refractivity contribution in [3.05, 3.63) is 182 Å². The summed E-state index contributed by atoms with van der Waals surface area (Å²) in [7, 11) is 0. The first-order valence-electron chi connectivity index (χ1n) is 31.3. The summed E-state index contributed by atoms with van der Waals surface area (Å²) in [4.78, 5) is 38.3. The van der Waals surface area contributed by atoms with Crippen molar-refractivity contribution in [2.75, 3.05) is 13.2 Å². The molecule has 0 radical (unpaired) electrons. The smallest absolute Gasteiger partial charge is 0.306 e. The lowest BCUT2D eigenvalue weighted by Crippen LogP contribution is -2.30. The number of hydrogen-bond donors (Lipinski definition) is 0. The molecule has 1 unspecified atom stereocenters. The minimum atomic E-state index is -0.842. The van der Waals surface area contributed by atoms with Gasteiger partial charge in [0.15, 0.2) is 6.10 Å². The van der Waals surface area contributed by atoms with Crippen LogP contribution < -0.4 is 0 Å². The van der Waals surface area contributed by atoms with Crippen LogP contribution in [0.25, 0.3) is 0 Å². The fourth-order valence-corrected chi connectivity index (χ4v) is 7.84. The van der Waals surface area contributed by atoms with Gasteiger partial charge in [-0.3, -0.25) is 14.4 Å². The van der Waals surface area contributed by atoms with Crippen molar-refractivity contribution >= 4 is 17.9 Å². The molecule has 0 aromatic heterocycles. The van der Waals surface area contributed by atoms with Crippen LogP contribution in [0.2, 0.25) is 0 Å². The monoisotopic (exact) mass is 1080 g/mol. The lowest BCUT2D eigenvalue weighted by Gasteiger charge is -2.18. The molecule has 0 aliphatic carbocycles. The Morgan fingerprint density at radius 3 is 0.759 bits per heavy atom. The summed E-state index contributed by atoms with van der Waals surface area (Å²) >= 11 is 0. The molecule has 0 aromatic rings. The fourth-order valence-electron chi connectivity index (χ4n) is 7.84. The van der Waals surface area contributed by atoms with Gasteiger partial charge in [-0.1, -0.05) is 261 Å². The standard InChI is InChI=1S/C73H112O6/c1-4-7-10-13-16-19-22-25-28-31-34-35-36-37-40-42-45-48-51-54-57-60-63-66-72(75)78-69-70(79-73(76)67-64-61-58-55-52-49-46-43-39-33-30-27-24-21-18-15-12-9-6-3)68-77-71(74)65-62-59-56-53-50-47-44-41-38-32-29-26-23-20-17-14-11-8-5-2/h7-12,16-21,25-30,34-35,37-41,43,49,52,58,61,70H,4-6,13-15,22-24,31-33,36,42,44-48,50-51,53-57,59-60,62-69H2,1-3H3/b10-7-,11-8-,12-9-,19-16-,20-17-,21-18-,28-25-,29-26-,30-27-,35-34-,40-37-,41-38-,43-39-,52-49-,61-58-. The van der Waals surface area contributed by atoms with Gasteiger partial charge < -0.3 is 14.2 Å². The third-order valence-corrected chi connectivity index (χ3v) is 12.4. The quantitative estimate of drug-likeness (QED) is 0.0261. The molecule has 1 atom stereocenters. The number of rotatable bonds is 54. The number of esters is 3. The molecule has 0 bridgehead atoms. The van der Waals surface area contributed by atoms with Gasteiger partial charge in [-0.15, -0.1) is 0 Å². The highest BCUT2D eigenvalue weighted by Crippen LogP contribution is 2.13. The molecule has 0 saturated heterocycles.